The van der Waals surface area contributed by atoms with Crippen LogP contribution in [0.1, 0.15) is 27.2 Å². The first kappa shape index (κ1) is 11.0. The highest BCUT2D eigenvalue weighted by Gasteiger charge is 2.02. The van der Waals surface area contributed by atoms with E-state index in [0.717, 1.165) is 6.42 Å². The Bertz CT molecular complexity index is 152. The Morgan fingerprint density at radius 1 is 1.50 bits per heavy atom. The van der Waals surface area contributed by atoms with Gasteiger partial charge >= 0.3 is 5.97 Å². The summed E-state index contributed by atoms with van der Waals surface area (Å²) in [5, 5.41) is 0. The van der Waals surface area contributed by atoms with Crippen LogP contribution in [0.15, 0.2) is 12.3 Å². The molecule has 0 saturated heterocycles. The second kappa shape index (κ2) is 6.70. The summed E-state index contributed by atoms with van der Waals surface area (Å²) in [5.41, 5.74) is 0. The molecule has 0 aliphatic heterocycles. The number of ether oxygens (including phenoxy) is 2. The lowest BCUT2D eigenvalue weighted by Crippen LogP contribution is -2.11. The molecule has 0 N–H and O–H groups in total. The maximum Gasteiger partial charge on any atom is 0.334 e. The van der Waals surface area contributed by atoms with Gasteiger partial charge < -0.3 is 9.47 Å². The van der Waals surface area contributed by atoms with E-state index in [4.69, 9.17) is 9.47 Å². The summed E-state index contributed by atoms with van der Waals surface area (Å²) in [6.45, 7) is 6.23. The van der Waals surface area contributed by atoms with Crippen molar-refractivity contribution in [2.75, 3.05) is 6.61 Å². The van der Waals surface area contributed by atoms with Crippen LogP contribution in [-0.2, 0) is 14.3 Å². The molecule has 0 heterocycles. The van der Waals surface area contributed by atoms with Gasteiger partial charge in [0.1, 0.15) is 0 Å². The zero-order valence-electron chi connectivity index (χ0n) is 7.87. The number of esters is 1. The van der Waals surface area contributed by atoms with Crippen molar-refractivity contribution in [3.63, 3.8) is 0 Å². The average molecular weight is 172 g/mol. The van der Waals surface area contributed by atoms with Gasteiger partial charge in [0.2, 0.25) is 0 Å². The predicted molar refractivity (Wildman–Crippen MR) is 46.6 cm³/mol. The zero-order chi connectivity index (χ0) is 9.40. The predicted octanol–water partition coefficient (Wildman–Crippen LogP) is 1.88. The van der Waals surface area contributed by atoms with Gasteiger partial charge in [0, 0.05) is 0 Å². The molecule has 0 radical (unpaired) electrons. The van der Waals surface area contributed by atoms with Gasteiger partial charge in [0.05, 0.1) is 25.0 Å². The van der Waals surface area contributed by atoms with E-state index in [1.807, 2.05) is 20.8 Å². The number of carbonyl (C=O) groups is 1. The molecule has 3 nitrogen and oxygen atoms in total. The summed E-state index contributed by atoms with van der Waals surface area (Å²) in [6.07, 6.45) is 3.44. The van der Waals surface area contributed by atoms with Crippen LogP contribution in [0.25, 0.3) is 0 Å². The number of carbonyl (C=O) groups excluding carboxylic acids is 1. The fourth-order valence-electron chi connectivity index (χ4n) is 0.521. The molecule has 0 amide bonds. The highest BCUT2D eigenvalue weighted by molar-refractivity contribution is 5.81. The molecule has 0 fully saturated rings. The third kappa shape index (κ3) is 5.77. The van der Waals surface area contributed by atoms with E-state index in [1.54, 1.807) is 0 Å². The molecular formula is C9H16O3. The molecule has 1 unspecified atom stereocenters. The van der Waals surface area contributed by atoms with Crippen LogP contribution < -0.4 is 0 Å². The normalized spacial score (nSPS) is 12.9. The number of hydrogen-bond donors (Lipinski definition) is 0. The maximum absolute atomic E-state index is 10.9. The van der Waals surface area contributed by atoms with Crippen molar-refractivity contribution in [2.45, 2.75) is 33.3 Å². The van der Waals surface area contributed by atoms with E-state index >= 15 is 0 Å². The molecule has 0 saturated carbocycles. The largest absolute Gasteiger partial charge is 0.501 e. The number of hydrogen-bond acceptors (Lipinski definition) is 3. The first-order valence-electron chi connectivity index (χ1n) is 4.19. The van der Waals surface area contributed by atoms with Crippen molar-refractivity contribution in [1.29, 1.82) is 0 Å². The molecule has 12 heavy (non-hydrogen) atoms. The summed E-state index contributed by atoms with van der Waals surface area (Å²) >= 11 is 0. The molecule has 1 atom stereocenters. The van der Waals surface area contributed by atoms with Gasteiger partial charge in [-0.1, -0.05) is 6.92 Å². The third-order valence-electron chi connectivity index (χ3n) is 1.36. The van der Waals surface area contributed by atoms with Gasteiger partial charge in [0.25, 0.3) is 0 Å². The molecule has 0 aromatic rings. The molecule has 0 aliphatic carbocycles. The van der Waals surface area contributed by atoms with E-state index in [9.17, 15) is 4.79 Å². The van der Waals surface area contributed by atoms with Gasteiger partial charge in [0.15, 0.2) is 0 Å². The Morgan fingerprint density at radius 3 is 2.67 bits per heavy atom. The first-order valence-corrected chi connectivity index (χ1v) is 4.19. The monoisotopic (exact) mass is 172 g/mol. The van der Waals surface area contributed by atoms with Crippen molar-refractivity contribution in [3.8, 4) is 0 Å². The molecule has 0 aromatic carbocycles. The molecule has 0 aliphatic rings. The van der Waals surface area contributed by atoms with E-state index < -0.39 is 0 Å². The Hall–Kier alpha value is -0.990. The van der Waals surface area contributed by atoms with E-state index in [0.29, 0.717) is 6.61 Å². The van der Waals surface area contributed by atoms with Crippen LogP contribution in [0.3, 0.4) is 0 Å². The Balaban J connectivity index is 3.58. The van der Waals surface area contributed by atoms with Crippen LogP contribution >= 0.6 is 0 Å². The summed E-state index contributed by atoms with van der Waals surface area (Å²) in [6, 6.07) is 0. The topological polar surface area (TPSA) is 35.5 Å². The fraction of sp³-hybridized carbons (Fsp3) is 0.667. The van der Waals surface area contributed by atoms with Gasteiger partial charge in [-0.05, 0) is 20.3 Å². The fourth-order valence-corrected chi connectivity index (χ4v) is 0.521. The molecule has 3 heteroatoms. The quantitative estimate of drug-likeness (QED) is 0.361. The van der Waals surface area contributed by atoms with Gasteiger partial charge in [-0.15, -0.1) is 0 Å². The van der Waals surface area contributed by atoms with Crippen molar-refractivity contribution in [1.82, 2.24) is 0 Å². The lowest BCUT2D eigenvalue weighted by Gasteiger charge is -2.07. The Morgan fingerprint density at radius 2 is 2.17 bits per heavy atom. The lowest BCUT2D eigenvalue weighted by molar-refractivity contribution is -0.142. The minimum atomic E-state index is -0.349. The second-order valence-corrected chi connectivity index (χ2v) is 2.41. The minimum Gasteiger partial charge on any atom is -0.501 e. The van der Waals surface area contributed by atoms with Crippen LogP contribution in [0.2, 0.25) is 0 Å². The first-order chi connectivity index (χ1) is 5.70. The highest BCUT2D eigenvalue weighted by Crippen LogP contribution is 1.96. The van der Waals surface area contributed by atoms with Crippen LogP contribution in [-0.4, -0.2) is 18.7 Å². The summed E-state index contributed by atoms with van der Waals surface area (Å²) < 4.78 is 9.78. The second-order valence-electron chi connectivity index (χ2n) is 2.41. The standard InChI is InChI=1S/C9H16O3/c1-4-8(3)12-9(10)6-7-11-5-2/h6-8H,4-5H2,1-3H3. The molecule has 70 valence electrons. The van der Waals surface area contributed by atoms with Crippen molar-refractivity contribution >= 4 is 5.97 Å². The van der Waals surface area contributed by atoms with Crippen LogP contribution in [0, 0.1) is 0 Å². The summed E-state index contributed by atoms with van der Waals surface area (Å²) in [7, 11) is 0. The van der Waals surface area contributed by atoms with E-state index in [2.05, 4.69) is 0 Å². The summed E-state index contributed by atoms with van der Waals surface area (Å²) in [4.78, 5) is 10.9. The van der Waals surface area contributed by atoms with Crippen molar-refractivity contribution in [2.24, 2.45) is 0 Å². The lowest BCUT2D eigenvalue weighted by atomic mass is 10.3. The average Bonchev–Trinajstić information content (AvgIpc) is 2.05. The smallest absolute Gasteiger partial charge is 0.334 e. The van der Waals surface area contributed by atoms with Gasteiger partial charge in [-0.25, -0.2) is 4.79 Å². The highest BCUT2D eigenvalue weighted by atomic mass is 16.5. The van der Waals surface area contributed by atoms with Crippen molar-refractivity contribution in [3.05, 3.63) is 12.3 Å². The van der Waals surface area contributed by atoms with Crippen molar-refractivity contribution < 1.29 is 14.3 Å². The third-order valence-corrected chi connectivity index (χ3v) is 1.36. The Labute approximate surface area is 73.4 Å². The van der Waals surface area contributed by atoms with Gasteiger partial charge in [-0.2, -0.15) is 0 Å². The summed E-state index contributed by atoms with van der Waals surface area (Å²) in [5.74, 6) is -0.349. The molecule has 0 rings (SSSR count). The molecule has 0 aromatic heterocycles. The van der Waals surface area contributed by atoms with E-state index in [-0.39, 0.29) is 12.1 Å². The number of rotatable bonds is 5. The van der Waals surface area contributed by atoms with Crippen LogP contribution in [0.5, 0.6) is 0 Å². The molecular weight excluding hydrogens is 156 g/mol. The molecule has 0 spiro atoms. The zero-order valence-corrected chi connectivity index (χ0v) is 7.87. The van der Waals surface area contributed by atoms with Crippen LogP contribution in [0.4, 0.5) is 0 Å². The van der Waals surface area contributed by atoms with E-state index in [1.165, 1.54) is 12.3 Å². The Kier molecular flexibility index (Phi) is 6.15. The maximum atomic E-state index is 10.9. The SMILES string of the molecule is CCOC=CC(=O)OC(C)CC. The minimum absolute atomic E-state index is 0.0243. The van der Waals surface area contributed by atoms with Gasteiger partial charge in [-0.3, -0.25) is 0 Å². The molecule has 0 bridgehead atoms.